The number of aliphatic hydroxyl groups excluding tert-OH is 2. The number of carbonyl (C=O) groups excluding carboxylic acids is 1. The quantitative estimate of drug-likeness (QED) is 0.238. The molecular formula is C11H18N4O4. The third-order valence-corrected chi connectivity index (χ3v) is 3.08. The maximum atomic E-state index is 11.9. The Balaban J connectivity index is 1.92. The van der Waals surface area contributed by atoms with Gasteiger partial charge < -0.3 is 36.7 Å². The molecule has 2 rings (SSSR count). The summed E-state index contributed by atoms with van der Waals surface area (Å²) in [7, 11) is 0. The van der Waals surface area contributed by atoms with Crippen LogP contribution in [-0.2, 0) is 9.53 Å². The van der Waals surface area contributed by atoms with E-state index in [1.807, 2.05) is 0 Å². The monoisotopic (exact) mass is 270 g/mol. The molecule has 1 saturated carbocycles. The minimum Gasteiger partial charge on any atom is -0.394 e. The Morgan fingerprint density at radius 3 is 2.63 bits per heavy atom. The summed E-state index contributed by atoms with van der Waals surface area (Å²) in [5.41, 5.74) is 5.70. The Kier molecular flexibility index (Phi) is 4.03. The van der Waals surface area contributed by atoms with Gasteiger partial charge in [0.25, 0.3) is 5.91 Å². The Morgan fingerprint density at radius 2 is 2.16 bits per heavy atom. The smallest absolute Gasteiger partial charge is 0.258 e. The van der Waals surface area contributed by atoms with Crippen LogP contribution in [0.25, 0.3) is 0 Å². The van der Waals surface area contributed by atoms with Crippen molar-refractivity contribution >= 4 is 12.1 Å². The van der Waals surface area contributed by atoms with Gasteiger partial charge in [-0.25, -0.2) is 0 Å². The van der Waals surface area contributed by atoms with E-state index in [0.717, 1.165) is 19.1 Å². The van der Waals surface area contributed by atoms with Gasteiger partial charge in [0.05, 0.1) is 12.2 Å². The van der Waals surface area contributed by atoms with Gasteiger partial charge in [-0.3, -0.25) is 4.79 Å². The molecule has 106 valence electrons. The van der Waals surface area contributed by atoms with Crippen molar-refractivity contribution in [2.75, 3.05) is 6.61 Å². The molecule has 1 aliphatic carbocycles. The Bertz CT molecular complexity index is 407. The number of rotatable bonds is 6. The average Bonchev–Trinajstić information content (AvgIpc) is 3.18. The number of nitrogens with one attached hydrogen (secondary N) is 3. The molecular weight excluding hydrogens is 252 g/mol. The number of hydrogen-bond acceptors (Lipinski definition) is 7. The molecule has 8 nitrogen and oxygen atoms in total. The molecule has 0 aromatic rings. The second-order valence-corrected chi connectivity index (χ2v) is 4.63. The lowest BCUT2D eigenvalue weighted by Crippen LogP contribution is -2.63. The van der Waals surface area contributed by atoms with Crippen LogP contribution in [0, 0.1) is 5.41 Å². The van der Waals surface area contributed by atoms with E-state index in [1.165, 1.54) is 0 Å². The molecule has 19 heavy (non-hydrogen) atoms. The number of aliphatic hydroxyl groups is 2. The van der Waals surface area contributed by atoms with Crippen LogP contribution in [0.3, 0.4) is 0 Å². The first-order valence-corrected chi connectivity index (χ1v) is 6.08. The molecule has 0 aromatic carbocycles. The predicted octanol–water partition coefficient (Wildman–Crippen LogP) is -2.25. The van der Waals surface area contributed by atoms with Crippen LogP contribution in [0.2, 0.25) is 0 Å². The fraction of sp³-hybridized carbons (Fsp3) is 0.636. The van der Waals surface area contributed by atoms with Crippen LogP contribution in [0.4, 0.5) is 0 Å². The van der Waals surface area contributed by atoms with E-state index in [1.54, 1.807) is 0 Å². The van der Waals surface area contributed by atoms with Gasteiger partial charge >= 0.3 is 0 Å². The second kappa shape index (κ2) is 5.55. The molecule has 3 unspecified atom stereocenters. The van der Waals surface area contributed by atoms with Crippen molar-refractivity contribution in [2.24, 2.45) is 5.73 Å². The Labute approximate surface area is 110 Å². The number of amides is 1. The molecule has 0 radical (unpaired) electrons. The fourth-order valence-electron chi connectivity index (χ4n) is 1.72. The summed E-state index contributed by atoms with van der Waals surface area (Å²) in [6.45, 7) is -0.313. The van der Waals surface area contributed by atoms with Gasteiger partial charge in [0.15, 0.2) is 6.23 Å². The molecule has 1 heterocycles. The van der Waals surface area contributed by atoms with Gasteiger partial charge in [-0.15, -0.1) is 0 Å². The molecule has 2 fully saturated rings. The van der Waals surface area contributed by atoms with Crippen molar-refractivity contribution in [3.63, 3.8) is 0 Å². The summed E-state index contributed by atoms with van der Waals surface area (Å²) in [5.74, 6) is -0.455. The summed E-state index contributed by atoms with van der Waals surface area (Å²) in [5, 5.41) is 30.9. The normalized spacial score (nSPS) is 30.9. The number of nitrogens with two attached hydrogens (primary N) is 1. The summed E-state index contributed by atoms with van der Waals surface area (Å²) < 4.78 is 5.05. The lowest BCUT2D eigenvalue weighted by molar-refractivity contribution is -0.241. The zero-order valence-electron chi connectivity index (χ0n) is 10.3. The molecule has 3 atom stereocenters. The molecule has 1 aliphatic heterocycles. The average molecular weight is 270 g/mol. The third-order valence-electron chi connectivity index (χ3n) is 3.08. The van der Waals surface area contributed by atoms with E-state index < -0.39 is 24.3 Å². The van der Waals surface area contributed by atoms with Crippen LogP contribution >= 0.6 is 0 Å². The lowest BCUT2D eigenvalue weighted by atomic mass is 10.1. The minimum absolute atomic E-state index is 0.00449. The zero-order valence-corrected chi connectivity index (χ0v) is 10.3. The van der Waals surface area contributed by atoms with E-state index in [2.05, 4.69) is 10.6 Å². The van der Waals surface area contributed by atoms with Crippen molar-refractivity contribution in [3.8, 4) is 0 Å². The van der Waals surface area contributed by atoms with Gasteiger partial charge in [0, 0.05) is 12.3 Å². The Morgan fingerprint density at radius 1 is 1.47 bits per heavy atom. The highest BCUT2D eigenvalue weighted by Gasteiger charge is 2.42. The molecule has 1 amide bonds. The maximum Gasteiger partial charge on any atom is 0.258 e. The largest absolute Gasteiger partial charge is 0.394 e. The minimum atomic E-state index is -0.960. The van der Waals surface area contributed by atoms with Gasteiger partial charge in [-0.05, 0) is 12.8 Å². The van der Waals surface area contributed by atoms with Crippen molar-refractivity contribution in [1.82, 2.24) is 10.6 Å². The van der Waals surface area contributed by atoms with Crippen LogP contribution in [0.1, 0.15) is 12.8 Å². The second-order valence-electron chi connectivity index (χ2n) is 4.63. The SMILES string of the molecule is N=C/C(C(=O)NC1OC(CO)C1O)=C(/N)NC1CC1. The highest BCUT2D eigenvalue weighted by molar-refractivity contribution is 6.11. The van der Waals surface area contributed by atoms with Gasteiger partial charge in [-0.1, -0.05) is 0 Å². The molecule has 0 bridgehead atoms. The van der Waals surface area contributed by atoms with Gasteiger partial charge in [0.2, 0.25) is 0 Å². The van der Waals surface area contributed by atoms with Crippen LogP contribution in [0.15, 0.2) is 11.4 Å². The summed E-state index contributed by atoms with van der Waals surface area (Å²) in [6, 6.07) is 0.270. The number of carbonyl (C=O) groups is 1. The highest BCUT2D eigenvalue weighted by Crippen LogP contribution is 2.21. The van der Waals surface area contributed by atoms with E-state index in [-0.39, 0.29) is 24.0 Å². The summed E-state index contributed by atoms with van der Waals surface area (Å²) >= 11 is 0. The number of hydrogen-bond donors (Lipinski definition) is 6. The van der Waals surface area contributed by atoms with Crippen molar-refractivity contribution in [2.45, 2.75) is 37.3 Å². The maximum absolute atomic E-state index is 11.9. The van der Waals surface area contributed by atoms with Crippen LogP contribution < -0.4 is 16.4 Å². The standard InChI is InChI=1S/C11H18N4O4/c12-3-6(9(13)14-5-1-2-5)10(18)15-11-8(17)7(4-16)19-11/h3,5,7-8,11-12,14,16-17H,1-2,4,13H2,(H,15,18)/b9-6+,12-3?. The zero-order chi connectivity index (χ0) is 14.0. The lowest BCUT2D eigenvalue weighted by Gasteiger charge is -2.40. The van der Waals surface area contributed by atoms with Gasteiger partial charge in [-0.2, -0.15) is 0 Å². The van der Waals surface area contributed by atoms with E-state index in [4.69, 9.17) is 21.0 Å². The predicted molar refractivity (Wildman–Crippen MR) is 66.1 cm³/mol. The molecule has 7 N–H and O–H groups in total. The molecule has 2 aliphatic rings. The summed E-state index contributed by atoms with van der Waals surface area (Å²) in [6.07, 6.45) is 0.327. The molecule has 0 spiro atoms. The first-order chi connectivity index (χ1) is 9.06. The molecule has 8 heteroatoms. The van der Waals surface area contributed by atoms with E-state index >= 15 is 0 Å². The van der Waals surface area contributed by atoms with Gasteiger partial charge in [0.1, 0.15) is 18.0 Å². The van der Waals surface area contributed by atoms with Crippen LogP contribution in [-0.4, -0.2) is 53.4 Å². The first-order valence-electron chi connectivity index (χ1n) is 6.08. The molecule has 1 saturated heterocycles. The first kappa shape index (κ1) is 13.8. The molecule has 0 aromatic heterocycles. The number of ether oxygens (including phenoxy) is 1. The topological polar surface area (TPSA) is 141 Å². The summed E-state index contributed by atoms with van der Waals surface area (Å²) in [4.78, 5) is 11.9. The third kappa shape index (κ3) is 3.03. The van der Waals surface area contributed by atoms with E-state index in [0.29, 0.717) is 0 Å². The van der Waals surface area contributed by atoms with Crippen LogP contribution in [0.5, 0.6) is 0 Å². The van der Waals surface area contributed by atoms with Crippen molar-refractivity contribution < 1.29 is 19.7 Å². The highest BCUT2D eigenvalue weighted by atomic mass is 16.6. The van der Waals surface area contributed by atoms with E-state index in [9.17, 15) is 9.90 Å². The van der Waals surface area contributed by atoms with Crippen molar-refractivity contribution in [3.05, 3.63) is 11.4 Å². The Hall–Kier alpha value is -1.64. The fourth-order valence-corrected chi connectivity index (χ4v) is 1.72. The van der Waals surface area contributed by atoms with Crippen molar-refractivity contribution in [1.29, 1.82) is 5.41 Å².